The largest absolute Gasteiger partial charge is 0.493 e. The average Bonchev–Trinajstić information content (AvgIpc) is 3.01. The Morgan fingerprint density at radius 3 is 2.60 bits per heavy atom. The van der Waals surface area contributed by atoms with E-state index in [4.69, 9.17) is 9.47 Å². The zero-order valence-electron chi connectivity index (χ0n) is 15.2. The predicted octanol–water partition coefficient (Wildman–Crippen LogP) is 2.77. The summed E-state index contributed by atoms with van der Waals surface area (Å²) >= 11 is 0. The third-order valence-corrected chi connectivity index (χ3v) is 4.39. The molecule has 0 unspecified atom stereocenters. The first-order valence-electron chi connectivity index (χ1n) is 8.05. The molecule has 0 amide bonds. The second kappa shape index (κ2) is 6.58. The maximum Gasteiger partial charge on any atom is 0.163 e. The summed E-state index contributed by atoms with van der Waals surface area (Å²) in [5.74, 6) is 2.24. The van der Waals surface area contributed by atoms with Crippen LogP contribution in [0.4, 0.5) is 5.82 Å². The fourth-order valence-electron chi connectivity index (χ4n) is 2.77. The Labute approximate surface area is 147 Å². The number of anilines is 1. The van der Waals surface area contributed by atoms with Gasteiger partial charge in [-0.1, -0.05) is 19.9 Å². The lowest BCUT2D eigenvalue weighted by Crippen LogP contribution is -2.28. The van der Waals surface area contributed by atoms with E-state index >= 15 is 0 Å². The minimum atomic E-state index is -0.140. The van der Waals surface area contributed by atoms with Gasteiger partial charge in [0.1, 0.15) is 12.1 Å². The third-order valence-electron chi connectivity index (χ3n) is 4.39. The van der Waals surface area contributed by atoms with E-state index in [1.54, 1.807) is 31.4 Å². The number of rotatable bonds is 6. The van der Waals surface area contributed by atoms with E-state index in [0.717, 1.165) is 33.9 Å². The Kier molecular flexibility index (Phi) is 4.48. The number of nitrogens with zero attached hydrogens (tertiary/aromatic N) is 4. The van der Waals surface area contributed by atoms with Gasteiger partial charge < -0.3 is 14.8 Å². The molecule has 132 valence electrons. The molecule has 0 spiro atoms. The van der Waals surface area contributed by atoms with E-state index in [-0.39, 0.29) is 5.41 Å². The van der Waals surface area contributed by atoms with Crippen LogP contribution in [0.5, 0.6) is 11.5 Å². The molecule has 0 atom stereocenters. The van der Waals surface area contributed by atoms with Crippen molar-refractivity contribution in [1.82, 2.24) is 19.7 Å². The van der Waals surface area contributed by atoms with Crippen molar-refractivity contribution in [2.45, 2.75) is 19.3 Å². The highest BCUT2D eigenvalue weighted by molar-refractivity contribution is 5.86. The molecular weight excluding hydrogens is 318 g/mol. The van der Waals surface area contributed by atoms with Crippen LogP contribution in [0.2, 0.25) is 0 Å². The minimum Gasteiger partial charge on any atom is -0.493 e. The van der Waals surface area contributed by atoms with Gasteiger partial charge >= 0.3 is 0 Å². The van der Waals surface area contributed by atoms with Gasteiger partial charge in [0.15, 0.2) is 17.1 Å². The van der Waals surface area contributed by atoms with Crippen molar-refractivity contribution in [3.05, 3.63) is 36.3 Å². The fraction of sp³-hybridized carbons (Fsp3) is 0.389. The van der Waals surface area contributed by atoms with Gasteiger partial charge in [-0.15, -0.1) is 0 Å². The Hall–Kier alpha value is -2.83. The first-order valence-corrected chi connectivity index (χ1v) is 8.05. The number of benzene rings is 1. The number of ether oxygens (including phenoxy) is 2. The van der Waals surface area contributed by atoms with E-state index < -0.39 is 0 Å². The lowest BCUT2D eigenvalue weighted by Gasteiger charge is -2.27. The lowest BCUT2D eigenvalue weighted by molar-refractivity contribution is 0.353. The van der Waals surface area contributed by atoms with Gasteiger partial charge in [-0.3, -0.25) is 4.68 Å². The molecule has 0 aliphatic heterocycles. The molecule has 7 nitrogen and oxygen atoms in total. The molecule has 0 fully saturated rings. The van der Waals surface area contributed by atoms with Crippen molar-refractivity contribution in [3.8, 4) is 11.5 Å². The van der Waals surface area contributed by atoms with E-state index in [1.165, 1.54) is 0 Å². The topological polar surface area (TPSA) is 74.1 Å². The Balaban J connectivity index is 1.84. The predicted molar refractivity (Wildman–Crippen MR) is 97.4 cm³/mol. The normalized spacial score (nSPS) is 11.6. The molecule has 7 heteroatoms. The number of aryl methyl sites for hydroxylation is 1. The van der Waals surface area contributed by atoms with E-state index in [2.05, 4.69) is 40.3 Å². The third kappa shape index (κ3) is 3.22. The molecular formula is C18H23N5O2. The van der Waals surface area contributed by atoms with Gasteiger partial charge in [0.25, 0.3) is 0 Å². The molecule has 0 radical (unpaired) electrons. The van der Waals surface area contributed by atoms with E-state index in [0.29, 0.717) is 6.54 Å². The van der Waals surface area contributed by atoms with Gasteiger partial charge in [0.2, 0.25) is 0 Å². The van der Waals surface area contributed by atoms with Crippen molar-refractivity contribution in [2.24, 2.45) is 7.05 Å². The number of aromatic nitrogens is 4. The minimum absolute atomic E-state index is 0.140. The van der Waals surface area contributed by atoms with Gasteiger partial charge in [0, 0.05) is 19.0 Å². The molecule has 0 saturated carbocycles. The highest BCUT2D eigenvalue weighted by atomic mass is 16.5. The number of nitrogens with one attached hydrogen (secondary N) is 1. The molecule has 0 saturated heterocycles. The van der Waals surface area contributed by atoms with Crippen LogP contribution in [-0.4, -0.2) is 40.5 Å². The number of hydrogen-bond acceptors (Lipinski definition) is 6. The van der Waals surface area contributed by atoms with Crippen LogP contribution >= 0.6 is 0 Å². The van der Waals surface area contributed by atoms with Gasteiger partial charge in [-0.05, 0) is 17.7 Å². The summed E-state index contributed by atoms with van der Waals surface area (Å²) in [6.07, 6.45) is 3.33. The van der Waals surface area contributed by atoms with Gasteiger partial charge in [-0.25, -0.2) is 9.97 Å². The summed E-state index contributed by atoms with van der Waals surface area (Å²) in [7, 11) is 5.15. The molecule has 0 bridgehead atoms. The lowest BCUT2D eigenvalue weighted by atomic mass is 9.84. The van der Waals surface area contributed by atoms with Gasteiger partial charge in [0.05, 0.1) is 25.8 Å². The smallest absolute Gasteiger partial charge is 0.163 e. The van der Waals surface area contributed by atoms with Crippen LogP contribution in [0.25, 0.3) is 11.0 Å². The summed E-state index contributed by atoms with van der Waals surface area (Å²) in [5.41, 5.74) is 1.81. The molecule has 1 aromatic carbocycles. The van der Waals surface area contributed by atoms with Crippen LogP contribution in [0.1, 0.15) is 19.4 Å². The monoisotopic (exact) mass is 341 g/mol. The molecule has 3 aromatic rings. The van der Waals surface area contributed by atoms with Crippen molar-refractivity contribution in [2.75, 3.05) is 26.1 Å². The van der Waals surface area contributed by atoms with Crippen LogP contribution in [-0.2, 0) is 12.5 Å². The average molecular weight is 341 g/mol. The molecule has 25 heavy (non-hydrogen) atoms. The molecule has 0 aliphatic carbocycles. The fourth-order valence-corrected chi connectivity index (χ4v) is 2.77. The SMILES string of the molecule is COc1ccc(C(C)(C)CNc2ncnc3c2cnn3C)cc1OC. The molecule has 0 aliphatic rings. The van der Waals surface area contributed by atoms with Crippen LogP contribution in [0.15, 0.2) is 30.7 Å². The quantitative estimate of drug-likeness (QED) is 0.743. The Morgan fingerprint density at radius 2 is 1.88 bits per heavy atom. The second-order valence-corrected chi connectivity index (χ2v) is 6.53. The zero-order chi connectivity index (χ0) is 18.0. The van der Waals surface area contributed by atoms with Gasteiger partial charge in [-0.2, -0.15) is 5.10 Å². The summed E-state index contributed by atoms with van der Waals surface area (Å²) in [6.45, 7) is 5.04. The Bertz CT molecular complexity index is 888. The summed E-state index contributed by atoms with van der Waals surface area (Å²) < 4.78 is 12.5. The first-order chi connectivity index (χ1) is 12.0. The first kappa shape index (κ1) is 17.0. The van der Waals surface area contributed by atoms with Crippen LogP contribution in [0, 0.1) is 0 Å². The van der Waals surface area contributed by atoms with E-state index in [1.807, 2.05) is 19.2 Å². The maximum atomic E-state index is 5.42. The number of hydrogen-bond donors (Lipinski definition) is 1. The summed E-state index contributed by atoms with van der Waals surface area (Å²) in [5, 5.41) is 8.58. The summed E-state index contributed by atoms with van der Waals surface area (Å²) in [4.78, 5) is 8.62. The highest BCUT2D eigenvalue weighted by Crippen LogP contribution is 2.33. The van der Waals surface area contributed by atoms with Crippen molar-refractivity contribution < 1.29 is 9.47 Å². The highest BCUT2D eigenvalue weighted by Gasteiger charge is 2.23. The summed E-state index contributed by atoms with van der Waals surface area (Å²) in [6, 6.07) is 6.00. The second-order valence-electron chi connectivity index (χ2n) is 6.53. The molecule has 2 heterocycles. The Morgan fingerprint density at radius 1 is 1.12 bits per heavy atom. The maximum absolute atomic E-state index is 5.42. The molecule has 2 aromatic heterocycles. The standard InChI is InChI=1S/C18H23N5O2/c1-18(2,12-6-7-14(24-4)15(8-12)25-5)10-19-16-13-9-22-23(3)17(13)21-11-20-16/h6-9,11H,10H2,1-5H3,(H,19,20,21). The van der Waals surface area contributed by atoms with Crippen LogP contribution in [0.3, 0.4) is 0 Å². The molecule has 3 rings (SSSR count). The zero-order valence-corrected chi connectivity index (χ0v) is 15.2. The number of methoxy groups -OCH3 is 2. The van der Waals surface area contributed by atoms with Crippen molar-refractivity contribution >= 4 is 16.9 Å². The van der Waals surface area contributed by atoms with E-state index in [9.17, 15) is 0 Å². The van der Waals surface area contributed by atoms with Crippen molar-refractivity contribution in [1.29, 1.82) is 0 Å². The molecule has 1 N–H and O–H groups in total. The van der Waals surface area contributed by atoms with Crippen molar-refractivity contribution in [3.63, 3.8) is 0 Å². The van der Waals surface area contributed by atoms with Crippen LogP contribution < -0.4 is 14.8 Å². The number of fused-ring (bicyclic) bond motifs is 1.